The number of carbonyl (C=O) groups excluding carboxylic acids is 1. The Hall–Kier alpha value is -0.500. The van der Waals surface area contributed by atoms with Crippen molar-refractivity contribution in [1.82, 2.24) is 0 Å². The van der Waals surface area contributed by atoms with Crippen LogP contribution in [0, 0.1) is 5.82 Å². The van der Waals surface area contributed by atoms with Crippen LogP contribution in [-0.4, -0.2) is 18.5 Å². The van der Waals surface area contributed by atoms with E-state index >= 15 is 0 Å². The molecule has 0 spiro atoms. The lowest BCUT2D eigenvalue weighted by Gasteiger charge is -2.01. The fraction of sp³-hybridized carbons (Fsp3) is 0.125. The number of sulfone groups is 1. The van der Waals surface area contributed by atoms with E-state index in [0.717, 1.165) is 24.5 Å². The van der Waals surface area contributed by atoms with Crippen LogP contribution >= 0.6 is 22.6 Å². The van der Waals surface area contributed by atoms with Gasteiger partial charge in [0.1, 0.15) is 5.82 Å². The minimum Gasteiger partial charge on any atom is -0.282 e. The predicted octanol–water partition coefficient (Wildman–Crippen LogP) is 1.80. The van der Waals surface area contributed by atoms with Gasteiger partial charge in [0.25, 0.3) is 0 Å². The third kappa shape index (κ3) is 2.50. The fourth-order valence-corrected chi connectivity index (χ4v) is 1.95. The summed E-state index contributed by atoms with van der Waals surface area (Å²) >= 11 is 1.41. The molecule has 0 aliphatic heterocycles. The van der Waals surface area contributed by atoms with Crippen molar-refractivity contribution in [2.24, 2.45) is 0 Å². The lowest BCUT2D eigenvalue weighted by Crippen LogP contribution is -2.01. The lowest BCUT2D eigenvalue weighted by molar-refractivity contribution is 0.110. The number of hydrogen-bond donors (Lipinski definition) is 0. The van der Waals surface area contributed by atoms with Crippen LogP contribution in [0.15, 0.2) is 23.1 Å². The van der Waals surface area contributed by atoms with Crippen molar-refractivity contribution in [3.63, 3.8) is 0 Å². The van der Waals surface area contributed by atoms with Gasteiger partial charge in [-0.2, -0.15) is 0 Å². The second-order valence-corrected chi connectivity index (χ2v) is 5.68. The van der Waals surface area contributed by atoms with Gasteiger partial charge in [-0.25, -0.2) is 12.8 Å². The zero-order valence-electron chi connectivity index (χ0n) is 7.12. The standard InChI is InChI=1S/C8H6FIO3S/c1-14(12,13)5-2-3-7(9)6(4-5)8(10)11/h2-4H,1H3. The van der Waals surface area contributed by atoms with E-state index in [1.807, 2.05) is 0 Å². The minimum absolute atomic E-state index is 0.0566. The Kier molecular flexibility index (Phi) is 3.25. The number of rotatable bonds is 2. The SMILES string of the molecule is CS(=O)(=O)c1ccc(F)c(C(=O)I)c1. The van der Waals surface area contributed by atoms with E-state index in [1.54, 1.807) is 0 Å². The molecule has 1 aromatic carbocycles. The quantitative estimate of drug-likeness (QED) is 0.473. The summed E-state index contributed by atoms with van der Waals surface area (Å²) in [5.41, 5.74) is -0.214. The zero-order chi connectivity index (χ0) is 10.9. The third-order valence-electron chi connectivity index (χ3n) is 1.58. The van der Waals surface area contributed by atoms with Crippen LogP contribution in [-0.2, 0) is 9.84 Å². The average Bonchev–Trinajstić information content (AvgIpc) is 2.02. The molecule has 1 aromatic rings. The monoisotopic (exact) mass is 328 g/mol. The molecule has 0 radical (unpaired) electrons. The summed E-state index contributed by atoms with van der Waals surface area (Å²) in [5.74, 6) is -0.711. The molecule has 0 aliphatic rings. The molecule has 76 valence electrons. The molecule has 0 N–H and O–H groups in total. The van der Waals surface area contributed by atoms with Gasteiger partial charge in [-0.1, -0.05) is 0 Å². The topological polar surface area (TPSA) is 51.2 Å². The van der Waals surface area contributed by atoms with E-state index in [0.29, 0.717) is 0 Å². The van der Waals surface area contributed by atoms with Gasteiger partial charge in [0.15, 0.2) is 9.84 Å². The van der Waals surface area contributed by atoms with Gasteiger partial charge in [0.2, 0.25) is 3.79 Å². The number of benzene rings is 1. The van der Waals surface area contributed by atoms with Crippen molar-refractivity contribution < 1.29 is 17.6 Å². The highest BCUT2D eigenvalue weighted by Gasteiger charge is 2.14. The molecule has 1 rings (SSSR count). The highest BCUT2D eigenvalue weighted by atomic mass is 127. The Labute approximate surface area is 94.4 Å². The summed E-state index contributed by atoms with van der Waals surface area (Å²) in [6.07, 6.45) is 1.00. The fourth-order valence-electron chi connectivity index (χ4n) is 0.886. The Morgan fingerprint density at radius 2 is 2.00 bits per heavy atom. The molecule has 6 heteroatoms. The molecule has 3 nitrogen and oxygen atoms in total. The molecule has 0 heterocycles. The first-order valence-electron chi connectivity index (χ1n) is 3.52. The van der Waals surface area contributed by atoms with Crippen LogP contribution in [0.25, 0.3) is 0 Å². The van der Waals surface area contributed by atoms with Gasteiger partial charge in [-0.05, 0) is 18.2 Å². The Morgan fingerprint density at radius 3 is 2.43 bits per heavy atom. The number of halogens is 2. The van der Waals surface area contributed by atoms with E-state index in [4.69, 9.17) is 0 Å². The Balaban J connectivity index is 3.42. The first-order chi connectivity index (χ1) is 6.32. The third-order valence-corrected chi connectivity index (χ3v) is 3.27. The molecule has 0 aliphatic carbocycles. The summed E-state index contributed by atoms with van der Waals surface area (Å²) in [4.78, 5) is 10.8. The zero-order valence-corrected chi connectivity index (χ0v) is 10.1. The lowest BCUT2D eigenvalue weighted by atomic mass is 10.2. The summed E-state index contributed by atoms with van der Waals surface area (Å²) in [6, 6.07) is 3.15. The molecule has 0 aromatic heterocycles. The molecular weight excluding hydrogens is 322 g/mol. The Bertz CT molecular complexity index is 481. The van der Waals surface area contributed by atoms with Gasteiger partial charge in [-0.3, -0.25) is 4.79 Å². The molecule has 0 amide bonds. The summed E-state index contributed by atoms with van der Waals surface area (Å²) < 4.78 is 34.6. The molecule has 0 atom stereocenters. The van der Waals surface area contributed by atoms with Crippen LogP contribution < -0.4 is 0 Å². The van der Waals surface area contributed by atoms with Crippen LogP contribution in [0.2, 0.25) is 0 Å². The maximum atomic E-state index is 13.0. The highest BCUT2D eigenvalue weighted by Crippen LogP contribution is 2.17. The van der Waals surface area contributed by atoms with Gasteiger partial charge in [-0.15, -0.1) is 0 Å². The second kappa shape index (κ2) is 3.93. The van der Waals surface area contributed by atoms with Gasteiger partial charge in [0, 0.05) is 28.8 Å². The van der Waals surface area contributed by atoms with Crippen molar-refractivity contribution in [1.29, 1.82) is 0 Å². The molecule has 14 heavy (non-hydrogen) atoms. The molecule has 0 fully saturated rings. The highest BCUT2D eigenvalue weighted by molar-refractivity contribution is 14.1. The van der Waals surface area contributed by atoms with E-state index in [1.165, 1.54) is 22.6 Å². The average molecular weight is 328 g/mol. The molecule has 0 saturated heterocycles. The smallest absolute Gasteiger partial charge is 0.225 e. The molecule has 0 saturated carbocycles. The first kappa shape index (κ1) is 11.6. The van der Waals surface area contributed by atoms with Crippen LogP contribution in [0.3, 0.4) is 0 Å². The molecular formula is C8H6FIO3S. The van der Waals surface area contributed by atoms with E-state index < -0.39 is 19.4 Å². The second-order valence-electron chi connectivity index (χ2n) is 2.69. The molecule has 0 bridgehead atoms. The van der Waals surface area contributed by atoms with Crippen LogP contribution in [0.4, 0.5) is 4.39 Å². The van der Waals surface area contributed by atoms with E-state index in [9.17, 15) is 17.6 Å². The molecule has 0 unspecified atom stereocenters. The van der Waals surface area contributed by atoms with E-state index in [-0.39, 0.29) is 10.5 Å². The van der Waals surface area contributed by atoms with Crippen LogP contribution in [0.1, 0.15) is 10.4 Å². The van der Waals surface area contributed by atoms with Gasteiger partial charge >= 0.3 is 0 Å². The summed E-state index contributed by atoms with van der Waals surface area (Å²) in [7, 11) is -3.40. The first-order valence-corrected chi connectivity index (χ1v) is 6.49. The maximum Gasteiger partial charge on any atom is 0.225 e. The number of carbonyl (C=O) groups is 1. The largest absolute Gasteiger partial charge is 0.282 e. The maximum absolute atomic E-state index is 13.0. The number of hydrogen-bond acceptors (Lipinski definition) is 3. The van der Waals surface area contributed by atoms with Crippen molar-refractivity contribution >= 4 is 36.2 Å². The summed E-state index contributed by atoms with van der Waals surface area (Å²) in [5, 5.41) is 0. The van der Waals surface area contributed by atoms with E-state index in [2.05, 4.69) is 0 Å². The van der Waals surface area contributed by atoms with Gasteiger partial charge in [0.05, 0.1) is 10.5 Å². The Morgan fingerprint density at radius 1 is 1.43 bits per heavy atom. The van der Waals surface area contributed by atoms with Crippen molar-refractivity contribution in [3.8, 4) is 0 Å². The van der Waals surface area contributed by atoms with Crippen molar-refractivity contribution in [3.05, 3.63) is 29.6 Å². The van der Waals surface area contributed by atoms with Gasteiger partial charge < -0.3 is 0 Å². The minimum atomic E-state index is -3.40. The predicted molar refractivity (Wildman–Crippen MR) is 57.9 cm³/mol. The normalized spacial score (nSPS) is 11.4. The van der Waals surface area contributed by atoms with Crippen LogP contribution in [0.5, 0.6) is 0 Å². The van der Waals surface area contributed by atoms with Crippen molar-refractivity contribution in [2.75, 3.05) is 6.26 Å². The van der Waals surface area contributed by atoms with Crippen molar-refractivity contribution in [2.45, 2.75) is 4.90 Å². The summed E-state index contributed by atoms with van der Waals surface area (Å²) in [6.45, 7) is 0.